The highest BCUT2D eigenvalue weighted by Gasteiger charge is 2.42. The standard InChI is InChI=1S/C2H10N10/c3-1-2-4-6-8-12(2)10-9-11(1)7-5-3/h1-10H. The van der Waals surface area contributed by atoms with Gasteiger partial charge in [-0.3, -0.25) is 0 Å². The summed E-state index contributed by atoms with van der Waals surface area (Å²) < 4.78 is 0. The van der Waals surface area contributed by atoms with E-state index in [2.05, 4.69) is 44.1 Å². The van der Waals surface area contributed by atoms with Crippen molar-refractivity contribution in [3.8, 4) is 0 Å². The largest absolute Gasteiger partial charge is 0.220 e. The molecule has 0 aromatic rings. The first kappa shape index (κ1) is 7.05. The maximum absolute atomic E-state index is 3.01. The van der Waals surface area contributed by atoms with Crippen LogP contribution in [0.2, 0.25) is 0 Å². The van der Waals surface area contributed by atoms with Crippen LogP contribution in [-0.4, -0.2) is 22.6 Å². The van der Waals surface area contributed by atoms with Crippen LogP contribution in [-0.2, 0) is 0 Å². The molecule has 3 heterocycles. The van der Waals surface area contributed by atoms with E-state index in [0.29, 0.717) is 0 Å². The van der Waals surface area contributed by atoms with Crippen molar-refractivity contribution in [2.45, 2.75) is 12.3 Å². The summed E-state index contributed by atoms with van der Waals surface area (Å²) in [6.07, 6.45) is 0.127. The predicted molar refractivity (Wildman–Crippen MR) is 36.3 cm³/mol. The predicted octanol–water partition coefficient (Wildman–Crippen LogP) is -4.76. The Morgan fingerprint density at radius 1 is 0.667 bits per heavy atom. The molecule has 0 aromatic heterocycles. The number of hydrogen-bond acceptors (Lipinski definition) is 10. The van der Waals surface area contributed by atoms with E-state index in [1.54, 1.807) is 10.2 Å². The smallest absolute Gasteiger partial charge is 0.138 e. The van der Waals surface area contributed by atoms with E-state index in [-0.39, 0.29) is 12.3 Å². The molecular weight excluding hydrogens is 164 g/mol. The lowest BCUT2D eigenvalue weighted by Crippen LogP contribution is -2.74. The number of nitrogens with one attached hydrogen (secondary N) is 8. The Morgan fingerprint density at radius 3 is 1.67 bits per heavy atom. The van der Waals surface area contributed by atoms with E-state index in [9.17, 15) is 0 Å². The molecule has 0 aliphatic carbocycles. The number of rotatable bonds is 0. The second-order valence-electron chi connectivity index (χ2n) is 2.62. The Hall–Kier alpha value is -0.400. The average Bonchev–Trinajstić information content (AvgIpc) is 2.71. The molecular formula is C2H10N10. The molecule has 3 aliphatic heterocycles. The molecule has 0 bridgehead atoms. The molecule has 0 aromatic carbocycles. The summed E-state index contributed by atoms with van der Waals surface area (Å²) in [6, 6.07) is 0. The number of hydrogen-bond donors (Lipinski definition) is 8. The third kappa shape index (κ3) is 0.868. The second-order valence-corrected chi connectivity index (χ2v) is 2.62. The van der Waals surface area contributed by atoms with Crippen LogP contribution in [0.4, 0.5) is 0 Å². The van der Waals surface area contributed by atoms with Crippen molar-refractivity contribution < 1.29 is 0 Å². The molecule has 0 spiro atoms. The summed E-state index contributed by atoms with van der Waals surface area (Å²) in [5, 5.41) is 3.51. The van der Waals surface area contributed by atoms with E-state index < -0.39 is 0 Å². The van der Waals surface area contributed by atoms with Gasteiger partial charge in [0, 0.05) is 0 Å². The Labute approximate surface area is 67.7 Å². The SMILES string of the molecule is N1NC2C3NNNN3NNN2N1. The average molecular weight is 174 g/mol. The van der Waals surface area contributed by atoms with Gasteiger partial charge in [-0.25, -0.2) is 10.9 Å². The molecule has 68 valence electrons. The zero-order chi connectivity index (χ0) is 7.97. The molecule has 10 heteroatoms. The summed E-state index contributed by atoms with van der Waals surface area (Å²) >= 11 is 0. The molecule has 0 radical (unpaired) electrons. The minimum Gasteiger partial charge on any atom is -0.220 e. The zero-order valence-corrected chi connectivity index (χ0v) is 6.05. The van der Waals surface area contributed by atoms with Crippen molar-refractivity contribution in [1.29, 1.82) is 0 Å². The van der Waals surface area contributed by atoms with E-state index in [4.69, 9.17) is 0 Å². The molecule has 2 atom stereocenters. The van der Waals surface area contributed by atoms with E-state index >= 15 is 0 Å². The minimum atomic E-state index is 0.0637. The molecule has 3 fully saturated rings. The van der Waals surface area contributed by atoms with Crippen molar-refractivity contribution >= 4 is 0 Å². The van der Waals surface area contributed by atoms with E-state index in [1.165, 1.54) is 0 Å². The third-order valence-electron chi connectivity index (χ3n) is 1.94. The van der Waals surface area contributed by atoms with Gasteiger partial charge in [0.25, 0.3) is 0 Å². The number of hydrazine groups is 9. The van der Waals surface area contributed by atoms with Crippen molar-refractivity contribution in [1.82, 2.24) is 54.3 Å². The van der Waals surface area contributed by atoms with Crippen LogP contribution in [0.25, 0.3) is 0 Å². The fourth-order valence-electron chi connectivity index (χ4n) is 1.34. The highest BCUT2D eigenvalue weighted by Crippen LogP contribution is 2.06. The zero-order valence-electron chi connectivity index (χ0n) is 6.05. The van der Waals surface area contributed by atoms with E-state index in [0.717, 1.165) is 0 Å². The maximum atomic E-state index is 3.01. The van der Waals surface area contributed by atoms with Gasteiger partial charge in [0.2, 0.25) is 0 Å². The Balaban J connectivity index is 1.81. The molecule has 3 rings (SSSR count). The fourth-order valence-corrected chi connectivity index (χ4v) is 1.34. The van der Waals surface area contributed by atoms with Crippen LogP contribution in [0, 0.1) is 0 Å². The lowest BCUT2D eigenvalue weighted by Gasteiger charge is -2.37. The summed E-state index contributed by atoms with van der Waals surface area (Å²) in [5.41, 5.74) is 23.0. The maximum Gasteiger partial charge on any atom is 0.138 e. The van der Waals surface area contributed by atoms with Crippen molar-refractivity contribution in [3.05, 3.63) is 0 Å². The summed E-state index contributed by atoms with van der Waals surface area (Å²) in [4.78, 5) is 0. The quantitative estimate of drug-likeness (QED) is 0.182. The normalized spacial score (nSPS) is 43.0. The first-order valence-corrected chi connectivity index (χ1v) is 3.57. The van der Waals surface area contributed by atoms with Crippen molar-refractivity contribution in [2.75, 3.05) is 0 Å². The third-order valence-corrected chi connectivity index (χ3v) is 1.94. The highest BCUT2D eigenvalue weighted by molar-refractivity contribution is 4.81. The van der Waals surface area contributed by atoms with E-state index in [1.807, 2.05) is 0 Å². The second kappa shape index (κ2) is 2.54. The van der Waals surface area contributed by atoms with Crippen LogP contribution in [0.1, 0.15) is 0 Å². The van der Waals surface area contributed by atoms with Gasteiger partial charge in [-0.05, 0) is 0 Å². The van der Waals surface area contributed by atoms with Gasteiger partial charge in [-0.2, -0.15) is 33.2 Å². The highest BCUT2D eigenvalue weighted by atomic mass is 16.1. The fraction of sp³-hybridized carbons (Fsp3) is 1.00. The molecule has 10 nitrogen and oxygen atoms in total. The first-order chi connectivity index (χ1) is 5.95. The van der Waals surface area contributed by atoms with Gasteiger partial charge in [-0.15, -0.1) is 10.2 Å². The molecule has 3 saturated heterocycles. The molecule has 2 unspecified atom stereocenters. The Morgan fingerprint density at radius 2 is 1.17 bits per heavy atom. The molecule has 0 saturated carbocycles. The van der Waals surface area contributed by atoms with Crippen LogP contribution in [0.3, 0.4) is 0 Å². The van der Waals surface area contributed by atoms with Gasteiger partial charge in [0.05, 0.1) is 0 Å². The molecule has 3 aliphatic rings. The van der Waals surface area contributed by atoms with Crippen molar-refractivity contribution in [3.63, 3.8) is 0 Å². The number of fused-ring (bicyclic) bond motifs is 3. The Kier molecular flexibility index (Phi) is 1.49. The molecule has 0 amide bonds. The summed E-state index contributed by atoms with van der Waals surface area (Å²) in [6.45, 7) is 0. The van der Waals surface area contributed by atoms with Crippen molar-refractivity contribution in [2.24, 2.45) is 0 Å². The minimum absolute atomic E-state index is 0.0637. The van der Waals surface area contributed by atoms with Crippen LogP contribution in [0.15, 0.2) is 0 Å². The lowest BCUT2D eigenvalue weighted by molar-refractivity contribution is -0.106. The first-order valence-electron chi connectivity index (χ1n) is 3.57. The van der Waals surface area contributed by atoms with Gasteiger partial charge in [0.15, 0.2) is 0 Å². The lowest BCUT2D eigenvalue weighted by atomic mass is 10.4. The monoisotopic (exact) mass is 174 g/mol. The summed E-state index contributed by atoms with van der Waals surface area (Å²) in [7, 11) is 0. The van der Waals surface area contributed by atoms with Gasteiger partial charge in [-0.1, -0.05) is 0 Å². The molecule has 12 heavy (non-hydrogen) atoms. The Bertz CT molecular complexity index is 161. The topological polar surface area (TPSA) is 103 Å². The van der Waals surface area contributed by atoms with Crippen LogP contribution >= 0.6 is 0 Å². The van der Waals surface area contributed by atoms with Crippen LogP contribution in [0.5, 0.6) is 0 Å². The number of nitrogens with zero attached hydrogens (tertiary/aromatic N) is 2. The van der Waals surface area contributed by atoms with Crippen LogP contribution < -0.4 is 44.1 Å². The van der Waals surface area contributed by atoms with Gasteiger partial charge in [0.1, 0.15) is 12.3 Å². The molecule has 8 N–H and O–H groups in total. The summed E-state index contributed by atoms with van der Waals surface area (Å²) in [5.74, 6) is 0. The van der Waals surface area contributed by atoms with Gasteiger partial charge >= 0.3 is 0 Å². The van der Waals surface area contributed by atoms with Gasteiger partial charge < -0.3 is 0 Å².